The number of amides is 1. The predicted molar refractivity (Wildman–Crippen MR) is 95.2 cm³/mol. The van der Waals surface area contributed by atoms with Crippen LogP contribution in [0, 0.1) is 6.92 Å². The summed E-state index contributed by atoms with van der Waals surface area (Å²) >= 11 is 0. The maximum absolute atomic E-state index is 12.6. The molecular formula is C19H19NO3S. The summed E-state index contributed by atoms with van der Waals surface area (Å²) in [5.74, 6) is -0.0113. The molecule has 0 N–H and O–H groups in total. The van der Waals surface area contributed by atoms with Crippen LogP contribution in [-0.2, 0) is 14.6 Å². The first-order valence-electron chi connectivity index (χ1n) is 7.63. The highest BCUT2D eigenvalue weighted by molar-refractivity contribution is 7.90. The van der Waals surface area contributed by atoms with Crippen molar-refractivity contribution < 1.29 is 13.2 Å². The monoisotopic (exact) mass is 341 g/mol. The zero-order valence-corrected chi connectivity index (χ0v) is 14.7. The number of aryl methyl sites for hydroxylation is 1. The average molecular weight is 341 g/mol. The molecule has 1 aliphatic heterocycles. The van der Waals surface area contributed by atoms with Gasteiger partial charge < -0.3 is 4.90 Å². The number of hydrogen-bond donors (Lipinski definition) is 0. The van der Waals surface area contributed by atoms with Gasteiger partial charge in [0.1, 0.15) is 0 Å². The molecule has 0 atom stereocenters. The summed E-state index contributed by atoms with van der Waals surface area (Å²) in [6.45, 7) is 2.51. The maximum atomic E-state index is 12.6. The SMILES string of the molecule is Cc1cccc(C2=C(c3ccc(S(C)(=O)=O)cc3)CN(C)C2=O)c1. The van der Waals surface area contributed by atoms with Crippen LogP contribution < -0.4 is 0 Å². The topological polar surface area (TPSA) is 54.5 Å². The number of nitrogens with zero attached hydrogens (tertiary/aromatic N) is 1. The molecule has 0 aliphatic carbocycles. The van der Waals surface area contributed by atoms with Gasteiger partial charge in [-0.3, -0.25) is 4.79 Å². The van der Waals surface area contributed by atoms with E-state index in [0.717, 1.165) is 22.3 Å². The van der Waals surface area contributed by atoms with Crippen molar-refractivity contribution in [3.05, 3.63) is 65.2 Å². The predicted octanol–water partition coefficient (Wildman–Crippen LogP) is 2.78. The molecular weight excluding hydrogens is 322 g/mol. The molecule has 1 heterocycles. The Morgan fingerprint density at radius 3 is 2.25 bits per heavy atom. The largest absolute Gasteiger partial charge is 0.337 e. The molecule has 0 bridgehead atoms. The van der Waals surface area contributed by atoms with Gasteiger partial charge in [-0.1, -0.05) is 42.0 Å². The Hall–Kier alpha value is -2.40. The van der Waals surface area contributed by atoms with Gasteiger partial charge in [0.15, 0.2) is 9.84 Å². The van der Waals surface area contributed by atoms with Gasteiger partial charge >= 0.3 is 0 Å². The maximum Gasteiger partial charge on any atom is 0.254 e. The lowest BCUT2D eigenvalue weighted by atomic mass is 9.96. The molecule has 0 radical (unpaired) electrons. The highest BCUT2D eigenvalue weighted by Gasteiger charge is 2.29. The Kier molecular flexibility index (Phi) is 4.05. The fraction of sp³-hybridized carbons (Fsp3) is 0.211. The van der Waals surface area contributed by atoms with E-state index in [0.29, 0.717) is 12.1 Å². The Balaban J connectivity index is 2.13. The highest BCUT2D eigenvalue weighted by Crippen LogP contribution is 2.34. The molecule has 124 valence electrons. The number of rotatable bonds is 3. The Labute approximate surface area is 142 Å². The van der Waals surface area contributed by atoms with Crippen LogP contribution in [0.4, 0.5) is 0 Å². The quantitative estimate of drug-likeness (QED) is 0.863. The summed E-state index contributed by atoms with van der Waals surface area (Å²) in [7, 11) is -1.46. The number of hydrogen-bond acceptors (Lipinski definition) is 3. The van der Waals surface area contributed by atoms with E-state index >= 15 is 0 Å². The van der Waals surface area contributed by atoms with Gasteiger partial charge in [-0.05, 0) is 35.8 Å². The summed E-state index contributed by atoms with van der Waals surface area (Å²) in [4.78, 5) is 14.6. The van der Waals surface area contributed by atoms with Crippen molar-refractivity contribution in [1.29, 1.82) is 0 Å². The minimum absolute atomic E-state index is 0.0113. The second-order valence-corrected chi connectivity index (χ2v) is 8.20. The number of benzene rings is 2. The van der Waals surface area contributed by atoms with Crippen molar-refractivity contribution >= 4 is 26.9 Å². The van der Waals surface area contributed by atoms with Gasteiger partial charge in [0.05, 0.1) is 10.5 Å². The minimum Gasteiger partial charge on any atom is -0.337 e. The molecule has 0 fully saturated rings. The first-order chi connectivity index (χ1) is 11.3. The number of sulfone groups is 1. The van der Waals surface area contributed by atoms with Crippen LogP contribution in [0.5, 0.6) is 0 Å². The van der Waals surface area contributed by atoms with Gasteiger partial charge in [-0.15, -0.1) is 0 Å². The van der Waals surface area contributed by atoms with Crippen LogP contribution in [0.15, 0.2) is 53.4 Å². The summed E-state index contributed by atoms with van der Waals surface area (Å²) in [6, 6.07) is 14.6. The fourth-order valence-electron chi connectivity index (χ4n) is 2.95. The second kappa shape index (κ2) is 5.91. The van der Waals surface area contributed by atoms with Crippen LogP contribution in [-0.4, -0.2) is 39.1 Å². The van der Waals surface area contributed by atoms with E-state index in [4.69, 9.17) is 0 Å². The van der Waals surface area contributed by atoms with E-state index in [2.05, 4.69) is 0 Å². The fourth-order valence-corrected chi connectivity index (χ4v) is 3.58. The van der Waals surface area contributed by atoms with Crippen molar-refractivity contribution in [3.63, 3.8) is 0 Å². The van der Waals surface area contributed by atoms with E-state index in [-0.39, 0.29) is 10.8 Å². The molecule has 24 heavy (non-hydrogen) atoms. The van der Waals surface area contributed by atoms with Crippen LogP contribution >= 0.6 is 0 Å². The van der Waals surface area contributed by atoms with Crippen LogP contribution in [0.1, 0.15) is 16.7 Å². The molecule has 3 rings (SSSR count). The Bertz CT molecular complexity index is 941. The molecule has 0 saturated heterocycles. The molecule has 4 nitrogen and oxygen atoms in total. The van der Waals surface area contributed by atoms with Crippen molar-refractivity contribution in [1.82, 2.24) is 4.90 Å². The zero-order chi connectivity index (χ0) is 17.5. The highest BCUT2D eigenvalue weighted by atomic mass is 32.2. The molecule has 2 aromatic carbocycles. The third kappa shape index (κ3) is 2.99. The Morgan fingerprint density at radius 2 is 1.67 bits per heavy atom. The van der Waals surface area contributed by atoms with E-state index in [9.17, 15) is 13.2 Å². The molecule has 0 unspecified atom stereocenters. The summed E-state index contributed by atoms with van der Waals surface area (Å²) in [5, 5.41) is 0. The van der Waals surface area contributed by atoms with Gasteiger partial charge in [0.2, 0.25) is 0 Å². The summed E-state index contributed by atoms with van der Waals surface area (Å²) in [5.41, 5.74) is 4.47. The van der Waals surface area contributed by atoms with Crippen molar-refractivity contribution in [3.8, 4) is 0 Å². The van der Waals surface area contributed by atoms with Gasteiger partial charge in [0.25, 0.3) is 5.91 Å². The minimum atomic E-state index is -3.23. The van der Waals surface area contributed by atoms with Crippen LogP contribution in [0.25, 0.3) is 11.1 Å². The van der Waals surface area contributed by atoms with Crippen molar-refractivity contribution in [2.45, 2.75) is 11.8 Å². The molecule has 0 saturated carbocycles. The lowest BCUT2D eigenvalue weighted by Gasteiger charge is -2.08. The van der Waals surface area contributed by atoms with Crippen LogP contribution in [0.2, 0.25) is 0 Å². The van der Waals surface area contributed by atoms with Gasteiger partial charge in [0, 0.05) is 19.8 Å². The number of carbonyl (C=O) groups excluding carboxylic acids is 1. The molecule has 1 amide bonds. The van der Waals surface area contributed by atoms with E-state index in [1.165, 1.54) is 6.26 Å². The first kappa shape index (κ1) is 16.5. The molecule has 0 aromatic heterocycles. The lowest BCUT2D eigenvalue weighted by Crippen LogP contribution is -2.21. The normalized spacial score (nSPS) is 15.3. The average Bonchev–Trinajstić information content (AvgIpc) is 2.82. The first-order valence-corrected chi connectivity index (χ1v) is 9.52. The summed E-state index contributed by atoms with van der Waals surface area (Å²) in [6.07, 6.45) is 1.19. The number of likely N-dealkylation sites (N-methyl/N-ethyl adjacent to an activating group) is 1. The standard InChI is InChI=1S/C19H19NO3S/c1-13-5-4-6-15(11-13)18-17(12-20(2)19(18)21)14-7-9-16(10-8-14)24(3,22)23/h4-11H,12H2,1-3H3. The zero-order valence-electron chi connectivity index (χ0n) is 13.9. The van der Waals surface area contributed by atoms with Crippen molar-refractivity contribution in [2.24, 2.45) is 0 Å². The van der Waals surface area contributed by atoms with Crippen molar-refractivity contribution in [2.75, 3.05) is 19.8 Å². The molecule has 2 aromatic rings. The molecule has 0 spiro atoms. The molecule has 1 aliphatic rings. The van der Waals surface area contributed by atoms with E-state index in [1.54, 1.807) is 36.2 Å². The third-order valence-electron chi connectivity index (χ3n) is 4.20. The van der Waals surface area contributed by atoms with E-state index in [1.807, 2.05) is 31.2 Å². The second-order valence-electron chi connectivity index (χ2n) is 6.18. The van der Waals surface area contributed by atoms with Crippen LogP contribution in [0.3, 0.4) is 0 Å². The van der Waals surface area contributed by atoms with E-state index < -0.39 is 9.84 Å². The third-order valence-corrected chi connectivity index (χ3v) is 5.32. The van der Waals surface area contributed by atoms with Gasteiger partial charge in [-0.25, -0.2) is 8.42 Å². The number of carbonyl (C=O) groups is 1. The molecule has 5 heteroatoms. The van der Waals surface area contributed by atoms with Gasteiger partial charge in [-0.2, -0.15) is 0 Å². The Morgan fingerprint density at radius 1 is 1.00 bits per heavy atom. The smallest absolute Gasteiger partial charge is 0.254 e. The lowest BCUT2D eigenvalue weighted by molar-refractivity contribution is -0.122. The summed E-state index contributed by atoms with van der Waals surface area (Å²) < 4.78 is 23.2.